The van der Waals surface area contributed by atoms with Gasteiger partial charge in [0.25, 0.3) is 0 Å². The third-order valence-corrected chi connectivity index (χ3v) is 5.07. The Morgan fingerprint density at radius 2 is 2.07 bits per heavy atom. The minimum atomic E-state index is -0.0741. The van der Waals surface area contributed by atoms with E-state index in [4.69, 9.17) is 0 Å². The van der Waals surface area contributed by atoms with Crippen LogP contribution < -0.4 is 5.32 Å². The van der Waals surface area contributed by atoms with Crippen LogP contribution in [0.15, 0.2) is 36.7 Å². The minimum Gasteiger partial charge on any atom is -0.337 e. The van der Waals surface area contributed by atoms with Crippen molar-refractivity contribution in [3.63, 3.8) is 0 Å². The van der Waals surface area contributed by atoms with E-state index in [-0.39, 0.29) is 6.03 Å². The zero-order chi connectivity index (χ0) is 19.1. The van der Waals surface area contributed by atoms with Gasteiger partial charge in [-0.05, 0) is 50.0 Å². The van der Waals surface area contributed by atoms with Crippen molar-refractivity contribution in [3.05, 3.63) is 48.0 Å². The summed E-state index contributed by atoms with van der Waals surface area (Å²) in [6, 6.07) is 8.15. The standard InChI is InChI=1S/C21H31N5O/c1-3-11-26(17-20-22-10-14-24(20)2)21(27)23-19-9-7-8-18(15-19)16-25-12-5-4-6-13-25/h7-10,14-15H,3-6,11-13,16-17H2,1-2H3,(H,23,27). The summed E-state index contributed by atoms with van der Waals surface area (Å²) in [7, 11) is 1.95. The second kappa shape index (κ2) is 9.55. The molecular formula is C21H31N5O. The third kappa shape index (κ3) is 5.57. The van der Waals surface area contributed by atoms with Crippen LogP contribution in [0.2, 0.25) is 0 Å². The van der Waals surface area contributed by atoms with Crippen LogP contribution >= 0.6 is 0 Å². The van der Waals surface area contributed by atoms with Gasteiger partial charge in [0, 0.05) is 38.2 Å². The zero-order valence-electron chi connectivity index (χ0n) is 16.5. The average molecular weight is 370 g/mol. The lowest BCUT2D eigenvalue weighted by atomic mass is 10.1. The molecule has 6 heteroatoms. The Morgan fingerprint density at radius 3 is 2.78 bits per heavy atom. The van der Waals surface area contributed by atoms with Gasteiger partial charge < -0.3 is 14.8 Å². The van der Waals surface area contributed by atoms with Crippen molar-refractivity contribution in [1.82, 2.24) is 19.4 Å². The molecule has 0 aliphatic carbocycles. The van der Waals surface area contributed by atoms with Crippen LogP contribution in [0.4, 0.5) is 10.5 Å². The predicted octanol–water partition coefficient (Wildman–Crippen LogP) is 3.85. The first kappa shape index (κ1) is 19.4. The van der Waals surface area contributed by atoms with E-state index >= 15 is 0 Å². The van der Waals surface area contributed by atoms with Crippen LogP contribution in [0.3, 0.4) is 0 Å². The summed E-state index contributed by atoms with van der Waals surface area (Å²) in [5, 5.41) is 3.07. The molecule has 1 aromatic carbocycles. The Kier molecular flexibility index (Phi) is 6.87. The topological polar surface area (TPSA) is 53.4 Å². The van der Waals surface area contributed by atoms with E-state index in [1.165, 1.54) is 37.9 Å². The highest BCUT2D eigenvalue weighted by molar-refractivity contribution is 5.89. The quantitative estimate of drug-likeness (QED) is 0.806. The lowest BCUT2D eigenvalue weighted by Gasteiger charge is -2.26. The number of hydrogen-bond donors (Lipinski definition) is 1. The molecule has 0 bridgehead atoms. The number of likely N-dealkylation sites (tertiary alicyclic amines) is 1. The number of carbonyl (C=O) groups is 1. The van der Waals surface area contributed by atoms with Gasteiger partial charge in [0.15, 0.2) is 0 Å². The predicted molar refractivity (Wildman–Crippen MR) is 108 cm³/mol. The SMILES string of the molecule is CCCN(Cc1nccn1C)C(=O)Nc1cccc(CN2CCCCC2)c1. The number of nitrogens with one attached hydrogen (secondary N) is 1. The first-order valence-electron chi connectivity index (χ1n) is 9.99. The summed E-state index contributed by atoms with van der Waals surface area (Å²) in [5.74, 6) is 0.887. The minimum absolute atomic E-state index is 0.0741. The maximum atomic E-state index is 12.8. The second-order valence-electron chi connectivity index (χ2n) is 7.34. The molecule has 146 valence electrons. The summed E-state index contributed by atoms with van der Waals surface area (Å²) in [5.41, 5.74) is 2.11. The van der Waals surface area contributed by atoms with Crippen LogP contribution in [-0.4, -0.2) is 45.0 Å². The molecule has 2 heterocycles. The number of nitrogens with zero attached hydrogens (tertiary/aromatic N) is 4. The zero-order valence-corrected chi connectivity index (χ0v) is 16.5. The van der Waals surface area contributed by atoms with Crippen molar-refractivity contribution in [2.45, 2.75) is 45.7 Å². The summed E-state index contributed by atoms with van der Waals surface area (Å²) in [6.45, 7) is 6.59. The molecular weight excluding hydrogens is 338 g/mol. The summed E-state index contributed by atoms with van der Waals surface area (Å²) in [4.78, 5) is 21.5. The van der Waals surface area contributed by atoms with Crippen LogP contribution in [0.1, 0.15) is 44.0 Å². The lowest BCUT2D eigenvalue weighted by molar-refractivity contribution is 0.207. The van der Waals surface area contributed by atoms with Crippen molar-refractivity contribution in [1.29, 1.82) is 0 Å². The van der Waals surface area contributed by atoms with Crippen LogP contribution in [0.5, 0.6) is 0 Å². The van der Waals surface area contributed by atoms with E-state index in [1.54, 1.807) is 6.20 Å². The fourth-order valence-corrected chi connectivity index (χ4v) is 3.57. The van der Waals surface area contributed by atoms with E-state index in [0.29, 0.717) is 13.1 Å². The summed E-state index contributed by atoms with van der Waals surface area (Å²) < 4.78 is 1.95. The van der Waals surface area contributed by atoms with Gasteiger partial charge in [0.2, 0.25) is 0 Å². The smallest absolute Gasteiger partial charge is 0.322 e. The molecule has 2 amide bonds. The molecule has 0 saturated carbocycles. The fourth-order valence-electron chi connectivity index (χ4n) is 3.57. The molecule has 0 unspecified atom stereocenters. The number of imidazole rings is 1. The fraction of sp³-hybridized carbons (Fsp3) is 0.524. The van der Waals surface area contributed by atoms with Gasteiger partial charge in [-0.1, -0.05) is 25.5 Å². The maximum Gasteiger partial charge on any atom is 0.322 e. The molecule has 1 aliphatic rings. The molecule has 6 nitrogen and oxygen atoms in total. The molecule has 0 radical (unpaired) electrons. The monoisotopic (exact) mass is 369 g/mol. The molecule has 1 saturated heterocycles. The van der Waals surface area contributed by atoms with Gasteiger partial charge in [-0.2, -0.15) is 0 Å². The maximum absolute atomic E-state index is 12.8. The molecule has 1 aromatic heterocycles. The number of piperidine rings is 1. The number of aryl methyl sites for hydroxylation is 1. The highest BCUT2D eigenvalue weighted by atomic mass is 16.2. The molecule has 27 heavy (non-hydrogen) atoms. The van der Waals surface area contributed by atoms with Gasteiger partial charge >= 0.3 is 6.03 Å². The van der Waals surface area contributed by atoms with Gasteiger partial charge in [-0.3, -0.25) is 4.90 Å². The van der Waals surface area contributed by atoms with Crippen molar-refractivity contribution in [3.8, 4) is 0 Å². The number of hydrogen-bond acceptors (Lipinski definition) is 3. The number of rotatable bonds is 7. The van der Waals surface area contributed by atoms with Crippen LogP contribution in [-0.2, 0) is 20.1 Å². The van der Waals surface area contributed by atoms with Crippen molar-refractivity contribution >= 4 is 11.7 Å². The highest BCUT2D eigenvalue weighted by Gasteiger charge is 2.16. The van der Waals surface area contributed by atoms with E-state index < -0.39 is 0 Å². The van der Waals surface area contributed by atoms with Gasteiger partial charge in [-0.25, -0.2) is 9.78 Å². The van der Waals surface area contributed by atoms with Crippen molar-refractivity contribution < 1.29 is 4.79 Å². The van der Waals surface area contributed by atoms with Crippen molar-refractivity contribution in [2.75, 3.05) is 25.0 Å². The van der Waals surface area contributed by atoms with E-state index in [9.17, 15) is 4.79 Å². The van der Waals surface area contributed by atoms with Gasteiger partial charge in [0.1, 0.15) is 5.82 Å². The Bertz CT molecular complexity index is 736. The van der Waals surface area contributed by atoms with E-state index in [0.717, 1.165) is 24.5 Å². The Morgan fingerprint density at radius 1 is 1.26 bits per heavy atom. The first-order chi connectivity index (χ1) is 13.2. The average Bonchev–Trinajstić information content (AvgIpc) is 3.07. The highest BCUT2D eigenvalue weighted by Crippen LogP contribution is 2.17. The Hall–Kier alpha value is -2.34. The molecule has 1 aliphatic heterocycles. The number of carbonyl (C=O) groups excluding carboxylic acids is 1. The number of urea groups is 1. The van der Waals surface area contributed by atoms with Crippen LogP contribution in [0, 0.1) is 0 Å². The normalized spacial score (nSPS) is 14.9. The summed E-state index contributed by atoms with van der Waals surface area (Å²) >= 11 is 0. The second-order valence-corrected chi connectivity index (χ2v) is 7.34. The van der Waals surface area contributed by atoms with E-state index in [1.807, 2.05) is 34.8 Å². The van der Waals surface area contributed by atoms with E-state index in [2.05, 4.69) is 34.3 Å². The van der Waals surface area contributed by atoms with Crippen molar-refractivity contribution in [2.24, 2.45) is 7.05 Å². The first-order valence-corrected chi connectivity index (χ1v) is 9.99. The molecule has 2 aromatic rings. The molecule has 0 spiro atoms. The number of anilines is 1. The Balaban J connectivity index is 1.62. The number of amides is 2. The van der Waals surface area contributed by atoms with Gasteiger partial charge in [-0.15, -0.1) is 0 Å². The molecule has 3 rings (SSSR count). The largest absolute Gasteiger partial charge is 0.337 e. The third-order valence-electron chi connectivity index (χ3n) is 5.07. The Labute approximate surface area is 162 Å². The lowest BCUT2D eigenvalue weighted by Crippen LogP contribution is -2.36. The number of aromatic nitrogens is 2. The molecule has 1 N–H and O–H groups in total. The van der Waals surface area contributed by atoms with Gasteiger partial charge in [0.05, 0.1) is 6.54 Å². The molecule has 1 fully saturated rings. The van der Waals surface area contributed by atoms with Crippen LogP contribution in [0.25, 0.3) is 0 Å². The number of benzene rings is 1. The molecule has 0 atom stereocenters. The summed E-state index contributed by atoms with van der Waals surface area (Å²) in [6.07, 6.45) is 8.50.